The molecule has 7 rings (SSSR count). The molecule has 2 aliphatic carbocycles. The smallest absolute Gasteiger partial charge is 0.323 e. The Morgan fingerprint density at radius 3 is 2.27 bits per heavy atom. The van der Waals surface area contributed by atoms with Gasteiger partial charge in [-0.05, 0) is 93.7 Å². The van der Waals surface area contributed by atoms with Gasteiger partial charge in [-0.25, -0.2) is 4.98 Å². The Bertz CT molecular complexity index is 1560. The number of rotatable bonds is 5. The number of carboxylic acid groups (broad SMARTS) is 1. The second-order valence-electron chi connectivity index (χ2n) is 13.3. The lowest BCUT2D eigenvalue weighted by molar-refractivity contribution is -0.137. The Hall–Kier alpha value is -3.26. The molecule has 7 atom stereocenters. The van der Waals surface area contributed by atoms with Crippen LogP contribution < -0.4 is 11.1 Å². The summed E-state index contributed by atoms with van der Waals surface area (Å²) in [5.74, 6) is 1.46. The van der Waals surface area contributed by atoms with Crippen LogP contribution in [0.4, 0.5) is 0 Å². The van der Waals surface area contributed by atoms with E-state index in [1.807, 2.05) is 28.8 Å². The van der Waals surface area contributed by atoms with E-state index < -0.39 is 18.1 Å². The molecule has 1 aromatic carbocycles. The molecule has 8 heteroatoms. The van der Waals surface area contributed by atoms with Gasteiger partial charge < -0.3 is 9.67 Å². The van der Waals surface area contributed by atoms with Gasteiger partial charge in [0.25, 0.3) is 11.1 Å². The molecule has 2 aromatic heterocycles. The highest BCUT2D eigenvalue weighted by molar-refractivity contribution is 5.78. The fourth-order valence-electron chi connectivity index (χ4n) is 9.30. The van der Waals surface area contributed by atoms with Crippen LogP contribution in [0.15, 0.2) is 52.1 Å². The number of hydrogen-bond acceptors (Lipinski definition) is 5. The maximum Gasteiger partial charge on any atom is 0.323 e. The molecular formula is C33H40N4O4. The predicted octanol–water partition coefficient (Wildman–Crippen LogP) is 5.08. The fourth-order valence-corrected chi connectivity index (χ4v) is 9.30. The zero-order valence-corrected chi connectivity index (χ0v) is 23.8. The van der Waals surface area contributed by atoms with Crippen LogP contribution in [0.3, 0.4) is 0 Å². The molecule has 216 valence electrons. The van der Waals surface area contributed by atoms with Gasteiger partial charge in [-0.15, -0.1) is 0 Å². The lowest BCUT2D eigenvalue weighted by Gasteiger charge is -2.55. The number of para-hydroxylation sites is 2. The molecule has 2 saturated heterocycles. The van der Waals surface area contributed by atoms with Gasteiger partial charge in [0.15, 0.2) is 5.69 Å². The van der Waals surface area contributed by atoms with Crippen molar-refractivity contribution < 1.29 is 9.90 Å². The molecule has 4 heterocycles. The van der Waals surface area contributed by atoms with Gasteiger partial charge in [0.2, 0.25) is 0 Å². The Morgan fingerprint density at radius 1 is 0.854 bits per heavy atom. The summed E-state index contributed by atoms with van der Waals surface area (Å²) in [7, 11) is 0. The maximum absolute atomic E-state index is 14.3. The number of benzene rings is 1. The largest absolute Gasteiger partial charge is 0.480 e. The summed E-state index contributed by atoms with van der Waals surface area (Å²) >= 11 is 0. The van der Waals surface area contributed by atoms with Crippen LogP contribution in [-0.2, 0) is 11.3 Å². The normalized spacial score (nSPS) is 31.7. The number of aliphatic carboxylic acids is 1. The minimum atomic E-state index is -1.14. The molecule has 3 aromatic rings. The van der Waals surface area contributed by atoms with E-state index in [1.54, 1.807) is 12.1 Å². The average Bonchev–Trinajstić information content (AvgIpc) is 2.92. The number of pyridine rings is 1. The van der Waals surface area contributed by atoms with Crippen molar-refractivity contribution >= 4 is 17.0 Å². The maximum atomic E-state index is 14.3. The molecule has 0 radical (unpaired) electrons. The number of hydrogen-bond donors (Lipinski definition) is 1. The van der Waals surface area contributed by atoms with Crippen molar-refractivity contribution in [2.24, 2.45) is 17.8 Å². The second-order valence-corrected chi connectivity index (χ2v) is 13.3. The van der Waals surface area contributed by atoms with Crippen LogP contribution >= 0.6 is 0 Å². The second kappa shape index (κ2) is 10.5. The first-order valence-electron chi connectivity index (χ1n) is 15.6. The van der Waals surface area contributed by atoms with Gasteiger partial charge in [0, 0.05) is 30.2 Å². The van der Waals surface area contributed by atoms with Gasteiger partial charge in [-0.1, -0.05) is 31.5 Å². The summed E-state index contributed by atoms with van der Waals surface area (Å²) < 4.78 is 3.07. The van der Waals surface area contributed by atoms with Crippen molar-refractivity contribution in [3.05, 3.63) is 63.2 Å². The summed E-state index contributed by atoms with van der Waals surface area (Å²) in [4.78, 5) is 46.2. The van der Waals surface area contributed by atoms with Crippen LogP contribution in [0.5, 0.6) is 0 Å². The van der Waals surface area contributed by atoms with Crippen LogP contribution in [0.2, 0.25) is 0 Å². The Balaban J connectivity index is 1.27. The van der Waals surface area contributed by atoms with Gasteiger partial charge in [0.05, 0.1) is 16.7 Å². The Morgan fingerprint density at radius 2 is 1.56 bits per heavy atom. The van der Waals surface area contributed by atoms with Crippen LogP contribution in [0.25, 0.3) is 22.4 Å². The van der Waals surface area contributed by atoms with Gasteiger partial charge in [0.1, 0.15) is 6.54 Å². The standard InChI is InChI=1S/C33H40N4O4/c1-20-12-21-14-22(13-20)16-25(15-21)36-23-6-4-7-24(36)18-26(17-23)37-28-9-3-2-8-27(28)34-32(33(37)41)29-10-5-11-30(38)35(29)19-31(39)40/h2-3,5,8-11,20-26H,4,6-7,12-19H2,1H3,(H,39,40)/t20?,21-,22+,23-,24+,25?,26?. The van der Waals surface area contributed by atoms with E-state index in [1.165, 1.54) is 57.4 Å². The first kappa shape index (κ1) is 26.6. The van der Waals surface area contributed by atoms with E-state index >= 15 is 0 Å². The molecular weight excluding hydrogens is 516 g/mol. The number of fused-ring (bicyclic) bond motifs is 5. The summed E-state index contributed by atoms with van der Waals surface area (Å²) in [5.41, 5.74) is 1.19. The number of carbonyl (C=O) groups is 1. The molecule has 8 nitrogen and oxygen atoms in total. The zero-order valence-electron chi connectivity index (χ0n) is 23.8. The minimum Gasteiger partial charge on any atom is -0.480 e. The number of carboxylic acids is 1. The molecule has 41 heavy (non-hydrogen) atoms. The predicted molar refractivity (Wildman–Crippen MR) is 158 cm³/mol. The van der Waals surface area contributed by atoms with Gasteiger partial charge >= 0.3 is 5.97 Å². The van der Waals surface area contributed by atoms with Crippen molar-refractivity contribution in [2.45, 2.75) is 102 Å². The summed E-state index contributed by atoms with van der Waals surface area (Å²) in [6.45, 7) is 1.91. The third-order valence-electron chi connectivity index (χ3n) is 10.5. The van der Waals surface area contributed by atoms with Crippen molar-refractivity contribution in [2.75, 3.05) is 0 Å². The zero-order chi connectivity index (χ0) is 28.2. The van der Waals surface area contributed by atoms with Crippen molar-refractivity contribution in [1.82, 2.24) is 19.0 Å². The Kier molecular flexibility index (Phi) is 6.84. The Labute approximate surface area is 240 Å². The minimum absolute atomic E-state index is 0.0344. The SMILES string of the molecule is CC1C[C@@H]2CC(N3[C@@H]4CCC[C@H]3CC(n3c(=O)c(-c5cccc(=O)n5CC(=O)O)nc5ccccc53)C4)C[C@H](C1)C2. The van der Waals surface area contributed by atoms with Crippen molar-refractivity contribution in [1.29, 1.82) is 0 Å². The van der Waals surface area contributed by atoms with Gasteiger partial charge in [-0.2, -0.15) is 0 Å². The van der Waals surface area contributed by atoms with E-state index in [-0.39, 0.29) is 23.0 Å². The third-order valence-corrected chi connectivity index (χ3v) is 10.5. The monoisotopic (exact) mass is 556 g/mol. The van der Waals surface area contributed by atoms with Crippen LogP contribution in [0.1, 0.15) is 77.2 Å². The molecule has 3 unspecified atom stereocenters. The molecule has 2 aliphatic heterocycles. The molecule has 0 spiro atoms. The summed E-state index contributed by atoms with van der Waals surface area (Å²) in [5, 5.41) is 9.48. The lowest BCUT2D eigenvalue weighted by atomic mass is 9.65. The van der Waals surface area contributed by atoms with Gasteiger partial charge in [-0.3, -0.25) is 23.9 Å². The van der Waals surface area contributed by atoms with Crippen LogP contribution in [-0.4, -0.2) is 48.2 Å². The van der Waals surface area contributed by atoms with E-state index in [4.69, 9.17) is 4.98 Å². The topological polar surface area (TPSA) is 97.4 Å². The molecule has 0 amide bonds. The van der Waals surface area contributed by atoms with E-state index in [0.717, 1.165) is 40.7 Å². The quantitative estimate of drug-likeness (QED) is 0.471. The van der Waals surface area contributed by atoms with E-state index in [2.05, 4.69) is 11.8 Å². The number of nitrogens with zero attached hydrogens (tertiary/aromatic N) is 4. The van der Waals surface area contributed by atoms with Crippen molar-refractivity contribution in [3.63, 3.8) is 0 Å². The number of aromatic nitrogens is 3. The third kappa shape index (κ3) is 4.84. The van der Waals surface area contributed by atoms with Crippen LogP contribution in [0, 0.1) is 17.8 Å². The number of piperidine rings is 2. The first-order chi connectivity index (χ1) is 19.9. The summed E-state index contributed by atoms with van der Waals surface area (Å²) in [6.07, 6.45) is 12.3. The summed E-state index contributed by atoms with van der Waals surface area (Å²) in [6, 6.07) is 13.9. The van der Waals surface area contributed by atoms with E-state index in [9.17, 15) is 19.5 Å². The lowest BCUT2D eigenvalue weighted by Crippen LogP contribution is -2.58. The molecule has 4 aliphatic rings. The molecule has 4 bridgehead atoms. The molecule has 2 saturated carbocycles. The fraction of sp³-hybridized carbons (Fsp3) is 0.576. The molecule has 1 N–H and O–H groups in total. The first-order valence-corrected chi connectivity index (χ1v) is 15.6. The highest BCUT2D eigenvalue weighted by Gasteiger charge is 2.46. The highest BCUT2D eigenvalue weighted by atomic mass is 16.4. The molecule has 4 fully saturated rings. The van der Waals surface area contributed by atoms with Crippen molar-refractivity contribution in [3.8, 4) is 11.4 Å². The average molecular weight is 557 g/mol. The highest BCUT2D eigenvalue weighted by Crippen LogP contribution is 2.48. The van der Waals surface area contributed by atoms with E-state index in [0.29, 0.717) is 23.6 Å².